The number of hydrogen-bond donors (Lipinski definition) is 1. The van der Waals surface area contributed by atoms with Gasteiger partial charge in [-0.2, -0.15) is 35.3 Å². The van der Waals surface area contributed by atoms with Crippen molar-refractivity contribution in [1.29, 1.82) is 0 Å². The van der Waals surface area contributed by atoms with Crippen molar-refractivity contribution >= 4 is 35.3 Å². The van der Waals surface area contributed by atoms with E-state index in [9.17, 15) is 0 Å². The maximum atomic E-state index is 6.24. The van der Waals surface area contributed by atoms with Crippen LogP contribution in [0, 0.1) is 5.92 Å². The van der Waals surface area contributed by atoms with Gasteiger partial charge in [-0.05, 0) is 43.9 Å². The molecular formula is C16H29NOS3. The fourth-order valence-electron chi connectivity index (χ4n) is 3.86. The lowest BCUT2D eigenvalue weighted by atomic mass is 9.80. The Labute approximate surface area is 142 Å². The van der Waals surface area contributed by atoms with E-state index in [0.29, 0.717) is 6.04 Å². The summed E-state index contributed by atoms with van der Waals surface area (Å²) in [6.07, 6.45) is 5.07. The summed E-state index contributed by atoms with van der Waals surface area (Å²) in [6, 6.07) is 0.703. The molecule has 0 aliphatic carbocycles. The summed E-state index contributed by atoms with van der Waals surface area (Å²) >= 11 is 6.47. The van der Waals surface area contributed by atoms with Crippen molar-refractivity contribution in [2.75, 3.05) is 41.9 Å². The van der Waals surface area contributed by atoms with Gasteiger partial charge in [0.15, 0.2) is 0 Å². The molecule has 3 aliphatic heterocycles. The smallest absolute Gasteiger partial charge is 0.0783 e. The highest BCUT2D eigenvalue weighted by Crippen LogP contribution is 2.43. The first-order chi connectivity index (χ1) is 10.3. The van der Waals surface area contributed by atoms with Crippen LogP contribution >= 0.6 is 35.3 Å². The van der Waals surface area contributed by atoms with Crippen LogP contribution < -0.4 is 5.32 Å². The van der Waals surface area contributed by atoms with Crippen molar-refractivity contribution in [3.63, 3.8) is 0 Å². The summed E-state index contributed by atoms with van der Waals surface area (Å²) in [5, 5.41) is 4.73. The van der Waals surface area contributed by atoms with Gasteiger partial charge in [-0.3, -0.25) is 0 Å². The van der Waals surface area contributed by atoms with Crippen LogP contribution in [0.5, 0.6) is 0 Å². The Hall–Kier alpha value is 0.970. The number of ether oxygens (including phenoxy) is 1. The molecule has 122 valence electrons. The quantitative estimate of drug-likeness (QED) is 0.819. The molecule has 0 aromatic heterocycles. The van der Waals surface area contributed by atoms with Crippen LogP contribution in [0.2, 0.25) is 0 Å². The maximum Gasteiger partial charge on any atom is 0.0783 e. The van der Waals surface area contributed by atoms with Gasteiger partial charge in [0.2, 0.25) is 0 Å². The molecule has 4 atom stereocenters. The molecule has 3 aliphatic rings. The fraction of sp³-hybridized carbons (Fsp3) is 1.00. The Bertz CT molecular complexity index is 317. The van der Waals surface area contributed by atoms with Gasteiger partial charge >= 0.3 is 0 Å². The molecule has 3 heterocycles. The molecule has 3 rings (SSSR count). The average Bonchev–Trinajstić information content (AvgIpc) is 2.97. The number of nitrogens with one attached hydrogen (secondary N) is 1. The summed E-state index contributed by atoms with van der Waals surface area (Å²) in [7, 11) is 0. The second-order valence-electron chi connectivity index (χ2n) is 6.55. The summed E-state index contributed by atoms with van der Waals surface area (Å²) < 4.78 is 6.24. The van der Waals surface area contributed by atoms with Gasteiger partial charge in [-0.25, -0.2) is 0 Å². The summed E-state index contributed by atoms with van der Waals surface area (Å²) in [5.74, 6) is 7.37. The highest BCUT2D eigenvalue weighted by Gasteiger charge is 2.44. The second kappa shape index (κ2) is 8.18. The van der Waals surface area contributed by atoms with Crippen LogP contribution in [0.15, 0.2) is 0 Å². The highest BCUT2D eigenvalue weighted by molar-refractivity contribution is 8.06. The molecule has 3 saturated heterocycles. The molecule has 0 bridgehead atoms. The van der Waals surface area contributed by atoms with Gasteiger partial charge < -0.3 is 10.1 Å². The Morgan fingerprint density at radius 3 is 2.95 bits per heavy atom. The van der Waals surface area contributed by atoms with E-state index in [2.05, 4.69) is 47.5 Å². The van der Waals surface area contributed by atoms with E-state index in [4.69, 9.17) is 4.74 Å². The standard InChI is InChI=1S/C16H29NOS3/c1-2-5-17-15(14-11-19-8-9-21-14)13-3-6-18-16(10-13)4-7-20-12-16/h13-15,17H,2-12H2,1H3. The molecule has 0 aromatic carbocycles. The predicted molar refractivity (Wildman–Crippen MR) is 99.0 cm³/mol. The van der Waals surface area contributed by atoms with E-state index in [1.54, 1.807) is 0 Å². The zero-order valence-corrected chi connectivity index (χ0v) is 15.6. The van der Waals surface area contributed by atoms with Gasteiger partial charge in [0.1, 0.15) is 0 Å². The molecular weight excluding hydrogens is 318 g/mol. The van der Waals surface area contributed by atoms with Crippen LogP contribution in [-0.2, 0) is 4.74 Å². The lowest BCUT2D eigenvalue weighted by Gasteiger charge is -2.44. The lowest BCUT2D eigenvalue weighted by molar-refractivity contribution is -0.0848. The van der Waals surface area contributed by atoms with E-state index in [1.807, 2.05) is 0 Å². The molecule has 4 unspecified atom stereocenters. The van der Waals surface area contributed by atoms with Gasteiger partial charge in [-0.15, -0.1) is 0 Å². The van der Waals surface area contributed by atoms with E-state index in [0.717, 1.165) is 17.8 Å². The van der Waals surface area contributed by atoms with Crippen LogP contribution in [-0.4, -0.2) is 58.8 Å². The van der Waals surface area contributed by atoms with Crippen molar-refractivity contribution in [2.45, 2.75) is 49.5 Å². The van der Waals surface area contributed by atoms with E-state index < -0.39 is 0 Å². The predicted octanol–water partition coefficient (Wildman–Crippen LogP) is 3.51. The Morgan fingerprint density at radius 2 is 2.24 bits per heavy atom. The van der Waals surface area contributed by atoms with Crippen LogP contribution in [0.3, 0.4) is 0 Å². The van der Waals surface area contributed by atoms with Crippen LogP contribution in [0.25, 0.3) is 0 Å². The molecule has 0 saturated carbocycles. The lowest BCUT2D eigenvalue weighted by Crippen LogP contribution is -2.52. The Kier molecular flexibility index (Phi) is 6.55. The third-order valence-electron chi connectivity index (χ3n) is 4.98. The van der Waals surface area contributed by atoms with Gasteiger partial charge in [0.05, 0.1) is 5.60 Å². The average molecular weight is 348 g/mol. The van der Waals surface area contributed by atoms with E-state index >= 15 is 0 Å². The second-order valence-corrected chi connectivity index (χ2v) is 10.2. The molecule has 2 nitrogen and oxygen atoms in total. The van der Waals surface area contributed by atoms with Crippen molar-refractivity contribution in [3.05, 3.63) is 0 Å². The monoisotopic (exact) mass is 347 g/mol. The summed E-state index contributed by atoms with van der Waals surface area (Å²) in [4.78, 5) is 0. The topological polar surface area (TPSA) is 21.3 Å². The SMILES string of the molecule is CCCNC(C1CCOC2(CCSC2)C1)C1CSCCS1. The maximum absolute atomic E-state index is 6.24. The minimum atomic E-state index is 0.228. The highest BCUT2D eigenvalue weighted by atomic mass is 32.2. The molecule has 0 aromatic rings. The number of hydrogen-bond acceptors (Lipinski definition) is 5. The Morgan fingerprint density at radius 1 is 1.29 bits per heavy atom. The van der Waals surface area contributed by atoms with Crippen LogP contribution in [0.4, 0.5) is 0 Å². The first-order valence-electron chi connectivity index (χ1n) is 8.47. The van der Waals surface area contributed by atoms with Crippen molar-refractivity contribution in [1.82, 2.24) is 5.32 Å². The molecule has 21 heavy (non-hydrogen) atoms. The molecule has 1 spiro atoms. The normalized spacial score (nSPS) is 38.7. The molecule has 1 N–H and O–H groups in total. The van der Waals surface area contributed by atoms with E-state index in [1.165, 1.54) is 61.0 Å². The first kappa shape index (κ1) is 16.8. The third kappa shape index (κ3) is 4.28. The number of thioether (sulfide) groups is 3. The zero-order chi connectivity index (χ0) is 14.5. The number of rotatable bonds is 5. The fourth-order valence-corrected chi connectivity index (χ4v) is 8.20. The van der Waals surface area contributed by atoms with E-state index in [-0.39, 0.29) is 5.60 Å². The van der Waals surface area contributed by atoms with Gasteiger partial charge in [-0.1, -0.05) is 6.92 Å². The van der Waals surface area contributed by atoms with Gasteiger partial charge in [0, 0.05) is 40.9 Å². The van der Waals surface area contributed by atoms with Crippen molar-refractivity contribution in [3.8, 4) is 0 Å². The largest absolute Gasteiger partial charge is 0.374 e. The first-order valence-corrected chi connectivity index (χ1v) is 11.8. The molecule has 0 radical (unpaired) electrons. The van der Waals surface area contributed by atoms with Crippen molar-refractivity contribution < 1.29 is 4.74 Å². The zero-order valence-electron chi connectivity index (χ0n) is 13.1. The minimum absolute atomic E-state index is 0.228. The molecule has 3 fully saturated rings. The third-order valence-corrected chi connectivity index (χ3v) is 9.09. The van der Waals surface area contributed by atoms with Crippen LogP contribution in [0.1, 0.15) is 32.6 Å². The van der Waals surface area contributed by atoms with Gasteiger partial charge in [0.25, 0.3) is 0 Å². The summed E-state index contributed by atoms with van der Waals surface area (Å²) in [6.45, 7) is 4.44. The Balaban J connectivity index is 1.65. The summed E-state index contributed by atoms with van der Waals surface area (Å²) in [5.41, 5.74) is 0.228. The molecule has 0 amide bonds. The molecule has 5 heteroatoms. The van der Waals surface area contributed by atoms with Crippen molar-refractivity contribution in [2.24, 2.45) is 5.92 Å². The minimum Gasteiger partial charge on any atom is -0.374 e.